The third-order valence-electron chi connectivity index (χ3n) is 5.84. The smallest absolute Gasteiger partial charge is 0.225 e. The van der Waals surface area contributed by atoms with E-state index in [9.17, 15) is 4.79 Å². The molecule has 2 unspecified atom stereocenters. The highest BCUT2D eigenvalue weighted by Gasteiger charge is 2.26. The highest BCUT2D eigenvalue weighted by atomic mass is 127. The highest BCUT2D eigenvalue weighted by molar-refractivity contribution is 14.0. The van der Waals surface area contributed by atoms with E-state index in [0.29, 0.717) is 19.5 Å². The lowest BCUT2D eigenvalue weighted by molar-refractivity contribution is -0.116. The van der Waals surface area contributed by atoms with E-state index in [1.165, 1.54) is 18.4 Å². The zero-order chi connectivity index (χ0) is 20.8. The van der Waals surface area contributed by atoms with E-state index in [4.69, 9.17) is 9.41 Å². The van der Waals surface area contributed by atoms with E-state index in [0.717, 1.165) is 37.0 Å². The van der Waals surface area contributed by atoms with Gasteiger partial charge in [0.25, 0.3) is 0 Å². The SMILES string of the molecule is CCNC(=NCC(c1ccco1)N1CCCC1)NCC1CC(=O)Nc2ccccc21.I. The molecule has 0 radical (unpaired) electrons. The fourth-order valence-electron chi connectivity index (χ4n) is 4.34. The Kier molecular flexibility index (Phi) is 8.77. The lowest BCUT2D eigenvalue weighted by atomic mass is 9.90. The molecule has 1 fully saturated rings. The van der Waals surface area contributed by atoms with Crippen molar-refractivity contribution < 1.29 is 9.21 Å². The molecule has 2 atom stereocenters. The monoisotopic (exact) mass is 537 g/mol. The summed E-state index contributed by atoms with van der Waals surface area (Å²) >= 11 is 0. The molecule has 0 spiro atoms. The topological polar surface area (TPSA) is 81.9 Å². The van der Waals surface area contributed by atoms with Crippen LogP contribution in [0.5, 0.6) is 0 Å². The first-order valence-electron chi connectivity index (χ1n) is 10.9. The number of guanidine groups is 1. The molecular formula is C23H32IN5O2. The largest absolute Gasteiger partial charge is 0.468 e. The highest BCUT2D eigenvalue weighted by Crippen LogP contribution is 2.31. The van der Waals surface area contributed by atoms with Crippen LogP contribution in [0.1, 0.15) is 49.5 Å². The number of aliphatic imine (C=N–C) groups is 1. The maximum absolute atomic E-state index is 12.1. The Morgan fingerprint density at radius 3 is 2.77 bits per heavy atom. The van der Waals surface area contributed by atoms with Crippen LogP contribution < -0.4 is 16.0 Å². The first-order chi connectivity index (χ1) is 14.7. The van der Waals surface area contributed by atoms with Crippen LogP contribution in [0.2, 0.25) is 0 Å². The van der Waals surface area contributed by atoms with Crippen molar-refractivity contribution in [1.29, 1.82) is 0 Å². The maximum Gasteiger partial charge on any atom is 0.225 e. The van der Waals surface area contributed by atoms with Crippen molar-refractivity contribution in [2.75, 3.05) is 38.0 Å². The minimum Gasteiger partial charge on any atom is -0.468 e. The third kappa shape index (κ3) is 6.00. The van der Waals surface area contributed by atoms with Crippen molar-refractivity contribution >= 4 is 41.5 Å². The molecule has 2 aliphatic rings. The quantitative estimate of drug-likeness (QED) is 0.285. The first kappa shape index (κ1) is 23.6. The number of amides is 1. The van der Waals surface area contributed by atoms with Gasteiger partial charge in [0.05, 0.1) is 18.8 Å². The number of nitrogens with one attached hydrogen (secondary N) is 3. The molecule has 3 N–H and O–H groups in total. The lowest BCUT2D eigenvalue weighted by Gasteiger charge is -2.27. The predicted molar refractivity (Wildman–Crippen MR) is 134 cm³/mol. The zero-order valence-electron chi connectivity index (χ0n) is 18.0. The minimum atomic E-state index is 0. The number of furan rings is 1. The van der Waals surface area contributed by atoms with Crippen molar-refractivity contribution in [3.8, 4) is 0 Å². The van der Waals surface area contributed by atoms with Gasteiger partial charge in [-0.2, -0.15) is 0 Å². The van der Waals surface area contributed by atoms with Gasteiger partial charge in [0, 0.05) is 31.1 Å². The van der Waals surface area contributed by atoms with E-state index < -0.39 is 0 Å². The van der Waals surface area contributed by atoms with Crippen LogP contribution in [0, 0.1) is 0 Å². The van der Waals surface area contributed by atoms with Gasteiger partial charge in [-0.05, 0) is 56.6 Å². The number of rotatable bonds is 7. The van der Waals surface area contributed by atoms with Crippen molar-refractivity contribution in [3.63, 3.8) is 0 Å². The average Bonchev–Trinajstić information content (AvgIpc) is 3.46. The van der Waals surface area contributed by atoms with Gasteiger partial charge < -0.3 is 20.4 Å². The minimum absolute atomic E-state index is 0. The number of halogens is 1. The van der Waals surface area contributed by atoms with Gasteiger partial charge in [0.1, 0.15) is 5.76 Å². The van der Waals surface area contributed by atoms with E-state index in [2.05, 4.69) is 33.8 Å². The molecule has 8 heteroatoms. The van der Waals surface area contributed by atoms with Crippen molar-refractivity contribution in [1.82, 2.24) is 15.5 Å². The molecule has 1 aromatic heterocycles. The van der Waals surface area contributed by atoms with Crippen molar-refractivity contribution in [2.45, 2.75) is 38.1 Å². The number of benzene rings is 1. The van der Waals surface area contributed by atoms with E-state index in [1.807, 2.05) is 30.3 Å². The summed E-state index contributed by atoms with van der Waals surface area (Å²) < 4.78 is 5.71. The Labute approximate surface area is 201 Å². The number of anilines is 1. The molecular weight excluding hydrogens is 505 g/mol. The van der Waals surface area contributed by atoms with Crippen LogP contribution in [0.3, 0.4) is 0 Å². The van der Waals surface area contributed by atoms with Gasteiger partial charge >= 0.3 is 0 Å². The molecule has 0 aliphatic carbocycles. The number of likely N-dealkylation sites (tertiary alicyclic amines) is 1. The Bertz CT molecular complexity index is 865. The number of carbonyl (C=O) groups excluding carboxylic acids is 1. The van der Waals surface area contributed by atoms with Gasteiger partial charge in [0.2, 0.25) is 5.91 Å². The summed E-state index contributed by atoms with van der Waals surface area (Å²) in [6.45, 7) is 6.29. The van der Waals surface area contributed by atoms with Crippen LogP contribution in [-0.4, -0.2) is 49.5 Å². The van der Waals surface area contributed by atoms with Gasteiger partial charge in [-0.15, -0.1) is 24.0 Å². The Balaban J connectivity index is 0.00000272. The van der Waals surface area contributed by atoms with Gasteiger partial charge in [-0.3, -0.25) is 14.7 Å². The number of hydrogen-bond acceptors (Lipinski definition) is 4. The summed E-state index contributed by atoms with van der Waals surface area (Å²) in [5.74, 6) is 1.93. The first-order valence-corrected chi connectivity index (χ1v) is 10.9. The fraction of sp³-hybridized carbons (Fsp3) is 0.478. The molecule has 4 rings (SSSR count). The summed E-state index contributed by atoms with van der Waals surface area (Å²) in [5.41, 5.74) is 2.08. The summed E-state index contributed by atoms with van der Waals surface area (Å²) in [4.78, 5) is 19.4. The lowest BCUT2D eigenvalue weighted by Crippen LogP contribution is -2.41. The summed E-state index contributed by atoms with van der Waals surface area (Å²) in [7, 11) is 0. The second-order valence-corrected chi connectivity index (χ2v) is 7.91. The molecule has 31 heavy (non-hydrogen) atoms. The molecule has 1 saturated heterocycles. The molecule has 168 valence electrons. The van der Waals surface area contributed by atoms with Gasteiger partial charge in [-0.1, -0.05) is 18.2 Å². The molecule has 1 aromatic carbocycles. The Morgan fingerprint density at radius 2 is 2.03 bits per heavy atom. The van der Waals surface area contributed by atoms with E-state index in [-0.39, 0.29) is 41.8 Å². The standard InChI is InChI=1S/C23H31N5O2.HI/c1-2-24-23(25-15-17-14-22(29)27-19-9-4-3-8-18(17)19)26-16-20(21-10-7-13-30-21)28-11-5-6-12-28;/h3-4,7-10,13,17,20H,2,5-6,11-12,14-16H2,1H3,(H,27,29)(H2,24,25,26);1H. The fourth-order valence-corrected chi connectivity index (χ4v) is 4.34. The maximum atomic E-state index is 12.1. The number of hydrogen-bond donors (Lipinski definition) is 3. The Hall–Kier alpha value is -2.07. The number of fused-ring (bicyclic) bond motifs is 1. The molecule has 7 nitrogen and oxygen atoms in total. The summed E-state index contributed by atoms with van der Waals surface area (Å²) in [6, 6.07) is 12.2. The van der Waals surface area contributed by atoms with Gasteiger partial charge in [-0.25, -0.2) is 0 Å². The van der Waals surface area contributed by atoms with E-state index >= 15 is 0 Å². The molecule has 2 aromatic rings. The van der Waals surface area contributed by atoms with Crippen LogP contribution in [-0.2, 0) is 4.79 Å². The second-order valence-electron chi connectivity index (χ2n) is 7.91. The number of para-hydroxylation sites is 1. The number of carbonyl (C=O) groups is 1. The summed E-state index contributed by atoms with van der Waals surface area (Å²) in [6.07, 6.45) is 4.66. The van der Waals surface area contributed by atoms with Crippen LogP contribution in [0.15, 0.2) is 52.1 Å². The number of nitrogens with zero attached hydrogens (tertiary/aromatic N) is 2. The van der Waals surface area contributed by atoms with Crippen LogP contribution in [0.25, 0.3) is 0 Å². The van der Waals surface area contributed by atoms with Crippen molar-refractivity contribution in [2.24, 2.45) is 4.99 Å². The molecule has 1 amide bonds. The van der Waals surface area contributed by atoms with Crippen molar-refractivity contribution in [3.05, 3.63) is 54.0 Å². The van der Waals surface area contributed by atoms with Gasteiger partial charge in [0.15, 0.2) is 5.96 Å². The van der Waals surface area contributed by atoms with E-state index in [1.54, 1.807) is 6.26 Å². The third-order valence-corrected chi connectivity index (χ3v) is 5.84. The molecule has 0 bridgehead atoms. The summed E-state index contributed by atoms with van der Waals surface area (Å²) in [5, 5.41) is 9.75. The van der Waals surface area contributed by atoms with Crippen LogP contribution >= 0.6 is 24.0 Å². The zero-order valence-corrected chi connectivity index (χ0v) is 20.3. The molecule has 0 saturated carbocycles. The van der Waals surface area contributed by atoms with Crippen LogP contribution in [0.4, 0.5) is 5.69 Å². The predicted octanol–water partition coefficient (Wildman–Crippen LogP) is 3.72. The Morgan fingerprint density at radius 1 is 1.23 bits per heavy atom. The normalized spacial score (nSPS) is 19.8. The molecule has 3 heterocycles. The average molecular weight is 537 g/mol. The molecule has 2 aliphatic heterocycles. The second kappa shape index (κ2) is 11.5.